The van der Waals surface area contributed by atoms with E-state index in [0.717, 1.165) is 5.57 Å². The zero-order valence-corrected chi connectivity index (χ0v) is 14.6. The molecule has 2 nitrogen and oxygen atoms in total. The first kappa shape index (κ1) is 17.9. The van der Waals surface area contributed by atoms with Gasteiger partial charge in [0.05, 0.1) is 5.56 Å². The molecule has 0 saturated heterocycles. The quantitative estimate of drug-likeness (QED) is 0.634. The minimum Gasteiger partial charge on any atom is -0.456 e. The molecular formula is C18H21ClF2O2. The number of carbonyl (C=O) groups is 1. The van der Waals surface area contributed by atoms with E-state index >= 15 is 0 Å². The maximum Gasteiger partial charge on any atom is 0.339 e. The summed E-state index contributed by atoms with van der Waals surface area (Å²) in [7, 11) is 0. The molecule has 0 atom stereocenters. The number of ether oxygens (including phenoxy) is 1. The highest BCUT2D eigenvalue weighted by molar-refractivity contribution is 6.32. The lowest BCUT2D eigenvalue weighted by Crippen LogP contribution is -2.25. The van der Waals surface area contributed by atoms with Crippen LogP contribution < -0.4 is 0 Å². The molecule has 0 bridgehead atoms. The first-order valence-electron chi connectivity index (χ1n) is 7.60. The van der Waals surface area contributed by atoms with Gasteiger partial charge in [-0.2, -0.15) is 0 Å². The van der Waals surface area contributed by atoms with Crippen molar-refractivity contribution in [3.8, 4) is 0 Å². The maximum atomic E-state index is 13.4. The van der Waals surface area contributed by atoms with Gasteiger partial charge in [0.15, 0.2) is 0 Å². The molecule has 1 aliphatic carbocycles. The Kier molecular flexibility index (Phi) is 4.86. The molecule has 0 aliphatic heterocycles. The van der Waals surface area contributed by atoms with Crippen LogP contribution in [0.5, 0.6) is 0 Å². The second kappa shape index (κ2) is 6.23. The Bertz CT molecular complexity index is 658. The molecule has 126 valence electrons. The van der Waals surface area contributed by atoms with Gasteiger partial charge < -0.3 is 4.74 Å². The highest BCUT2D eigenvalue weighted by atomic mass is 35.5. The minimum atomic E-state index is -2.67. The second-order valence-electron chi connectivity index (χ2n) is 6.89. The van der Waals surface area contributed by atoms with Crippen LogP contribution in [0.3, 0.4) is 0 Å². The molecule has 5 heteroatoms. The van der Waals surface area contributed by atoms with E-state index in [2.05, 4.69) is 0 Å². The third-order valence-electron chi connectivity index (χ3n) is 3.76. The topological polar surface area (TPSA) is 26.3 Å². The highest BCUT2D eigenvalue weighted by Crippen LogP contribution is 2.39. The molecule has 1 aromatic rings. The van der Waals surface area contributed by atoms with Crippen molar-refractivity contribution in [2.45, 2.75) is 58.5 Å². The molecular weight excluding hydrogens is 322 g/mol. The lowest BCUT2D eigenvalue weighted by molar-refractivity contribution is -0.00603. The molecule has 2 rings (SSSR count). The van der Waals surface area contributed by atoms with Crippen LogP contribution >= 0.6 is 11.6 Å². The fourth-order valence-electron chi connectivity index (χ4n) is 2.58. The number of hydrogen-bond donors (Lipinski definition) is 0. The second-order valence-corrected chi connectivity index (χ2v) is 7.29. The first-order chi connectivity index (χ1) is 10.5. The van der Waals surface area contributed by atoms with Crippen molar-refractivity contribution < 1.29 is 18.3 Å². The first-order valence-corrected chi connectivity index (χ1v) is 7.98. The van der Waals surface area contributed by atoms with Gasteiger partial charge in [0.1, 0.15) is 5.60 Å². The molecule has 0 aromatic heterocycles. The number of esters is 1. The van der Waals surface area contributed by atoms with Gasteiger partial charge in [0.2, 0.25) is 0 Å². The van der Waals surface area contributed by atoms with Gasteiger partial charge >= 0.3 is 5.97 Å². The summed E-state index contributed by atoms with van der Waals surface area (Å²) in [6.45, 7) is 7.09. The van der Waals surface area contributed by atoms with Crippen LogP contribution in [0.25, 0.3) is 5.57 Å². The predicted molar refractivity (Wildman–Crippen MR) is 88.1 cm³/mol. The third kappa shape index (κ3) is 4.31. The molecule has 0 spiro atoms. The molecule has 0 amide bonds. The molecule has 0 fully saturated rings. The van der Waals surface area contributed by atoms with Crippen LogP contribution in [-0.4, -0.2) is 17.5 Å². The summed E-state index contributed by atoms with van der Waals surface area (Å²) in [6.07, 6.45) is 1.22. The zero-order chi connectivity index (χ0) is 17.4. The van der Waals surface area contributed by atoms with E-state index in [4.69, 9.17) is 16.3 Å². The Balaban J connectivity index is 2.47. The summed E-state index contributed by atoms with van der Waals surface area (Å²) in [6, 6.07) is 3.40. The Morgan fingerprint density at radius 1 is 1.30 bits per heavy atom. The fraction of sp³-hybridized carbons (Fsp3) is 0.500. The summed E-state index contributed by atoms with van der Waals surface area (Å²) in [4.78, 5) is 12.6. The van der Waals surface area contributed by atoms with Crippen molar-refractivity contribution in [2.24, 2.45) is 0 Å². The minimum absolute atomic E-state index is 0.214. The largest absolute Gasteiger partial charge is 0.456 e. The summed E-state index contributed by atoms with van der Waals surface area (Å²) in [5, 5.41) is 0.455. The summed E-state index contributed by atoms with van der Waals surface area (Å²) < 4.78 is 32.2. The van der Waals surface area contributed by atoms with E-state index in [9.17, 15) is 13.6 Å². The van der Waals surface area contributed by atoms with Crippen molar-refractivity contribution in [1.82, 2.24) is 0 Å². The van der Waals surface area contributed by atoms with Crippen molar-refractivity contribution in [2.75, 3.05) is 0 Å². The normalized spacial score (nSPS) is 17.6. The van der Waals surface area contributed by atoms with Crippen LogP contribution in [0.2, 0.25) is 5.02 Å². The molecule has 1 aliphatic rings. The van der Waals surface area contributed by atoms with Crippen molar-refractivity contribution >= 4 is 23.1 Å². The summed E-state index contributed by atoms with van der Waals surface area (Å²) >= 11 is 6.14. The number of carbonyl (C=O) groups excluding carboxylic acids is 1. The average molecular weight is 343 g/mol. The maximum absolute atomic E-state index is 13.4. The van der Waals surface area contributed by atoms with Crippen LogP contribution in [-0.2, 0) is 4.74 Å². The standard InChI is InChI=1S/C18H21ClF2O2/c1-11-14(19)6-5-13(12-7-9-18(20,21)10-8-12)15(11)16(22)23-17(2,3)4/h5-7H,8-10H2,1-4H3. The van der Waals surface area contributed by atoms with Gasteiger partial charge in [0.25, 0.3) is 5.92 Å². The fourth-order valence-corrected chi connectivity index (χ4v) is 2.74. The molecule has 0 N–H and O–H groups in total. The van der Waals surface area contributed by atoms with Crippen molar-refractivity contribution in [3.05, 3.63) is 39.9 Å². The summed E-state index contributed by atoms with van der Waals surface area (Å²) in [5.41, 5.74) is 1.71. The van der Waals surface area contributed by atoms with E-state index in [1.807, 2.05) is 0 Å². The summed E-state index contributed by atoms with van der Waals surface area (Å²) in [5.74, 6) is -3.15. The molecule has 1 aromatic carbocycles. The Morgan fingerprint density at radius 2 is 1.96 bits per heavy atom. The zero-order valence-electron chi connectivity index (χ0n) is 13.8. The average Bonchev–Trinajstić information content (AvgIpc) is 2.40. The molecule has 0 heterocycles. The monoisotopic (exact) mass is 342 g/mol. The van der Waals surface area contributed by atoms with Crippen LogP contribution in [0.15, 0.2) is 18.2 Å². The molecule has 0 unspecified atom stereocenters. The Labute approximate surface area is 140 Å². The van der Waals surface area contributed by atoms with Crippen LogP contribution in [0, 0.1) is 6.92 Å². The number of alkyl halides is 2. The van der Waals surface area contributed by atoms with E-state index in [1.54, 1.807) is 39.8 Å². The van der Waals surface area contributed by atoms with Gasteiger partial charge in [-0.05, 0) is 56.9 Å². The lowest BCUT2D eigenvalue weighted by atomic mass is 9.87. The number of benzene rings is 1. The molecule has 23 heavy (non-hydrogen) atoms. The van der Waals surface area contributed by atoms with Crippen molar-refractivity contribution in [3.63, 3.8) is 0 Å². The van der Waals surface area contributed by atoms with Gasteiger partial charge in [-0.1, -0.05) is 23.7 Å². The SMILES string of the molecule is Cc1c(Cl)ccc(C2=CCC(F)(F)CC2)c1C(=O)OC(C)(C)C. The highest BCUT2D eigenvalue weighted by Gasteiger charge is 2.33. The molecule has 0 radical (unpaired) electrons. The van der Waals surface area contributed by atoms with Gasteiger partial charge in [0, 0.05) is 17.9 Å². The van der Waals surface area contributed by atoms with E-state index in [1.165, 1.54) is 6.08 Å². The van der Waals surface area contributed by atoms with Gasteiger partial charge in [-0.3, -0.25) is 0 Å². The van der Waals surface area contributed by atoms with Crippen molar-refractivity contribution in [1.29, 1.82) is 0 Å². The van der Waals surface area contributed by atoms with E-state index in [-0.39, 0.29) is 19.3 Å². The predicted octanol–water partition coefficient (Wildman–Crippen LogP) is 5.81. The van der Waals surface area contributed by atoms with E-state index < -0.39 is 17.5 Å². The van der Waals surface area contributed by atoms with Crippen LogP contribution in [0.1, 0.15) is 61.5 Å². The number of hydrogen-bond acceptors (Lipinski definition) is 2. The number of allylic oxidation sites excluding steroid dienone is 2. The van der Waals surface area contributed by atoms with Gasteiger partial charge in [-0.15, -0.1) is 0 Å². The number of rotatable bonds is 2. The van der Waals surface area contributed by atoms with Crippen LogP contribution in [0.4, 0.5) is 8.78 Å². The smallest absolute Gasteiger partial charge is 0.339 e. The van der Waals surface area contributed by atoms with E-state index in [0.29, 0.717) is 21.7 Å². The van der Waals surface area contributed by atoms with Gasteiger partial charge in [-0.25, -0.2) is 13.6 Å². The Morgan fingerprint density at radius 3 is 2.48 bits per heavy atom. The number of halogens is 3. The Hall–Kier alpha value is -1.42. The lowest BCUT2D eigenvalue weighted by Gasteiger charge is -2.25. The molecule has 0 saturated carbocycles. The third-order valence-corrected chi connectivity index (χ3v) is 4.16.